The van der Waals surface area contributed by atoms with E-state index in [1.54, 1.807) is 0 Å². The van der Waals surface area contributed by atoms with Crippen molar-refractivity contribution in [3.63, 3.8) is 0 Å². The number of primary amides is 1. The normalized spacial score (nSPS) is 10.3. The summed E-state index contributed by atoms with van der Waals surface area (Å²) in [7, 11) is 0. The molecular formula is C13H22N4O2S. The summed E-state index contributed by atoms with van der Waals surface area (Å²) in [5.41, 5.74) is 11.8. The molecule has 1 aromatic rings. The van der Waals surface area contributed by atoms with E-state index in [9.17, 15) is 9.59 Å². The van der Waals surface area contributed by atoms with Gasteiger partial charge in [-0.15, -0.1) is 11.3 Å². The van der Waals surface area contributed by atoms with Crippen molar-refractivity contribution < 1.29 is 9.59 Å². The fraction of sp³-hybridized carbons (Fsp3) is 0.538. The van der Waals surface area contributed by atoms with E-state index >= 15 is 0 Å². The van der Waals surface area contributed by atoms with Crippen LogP contribution in [-0.4, -0.2) is 31.4 Å². The van der Waals surface area contributed by atoms with Crippen LogP contribution in [-0.2, 0) is 0 Å². The molecular weight excluding hydrogens is 276 g/mol. The van der Waals surface area contributed by atoms with E-state index < -0.39 is 5.91 Å². The van der Waals surface area contributed by atoms with E-state index in [0.29, 0.717) is 29.5 Å². The first-order chi connectivity index (χ1) is 9.47. The van der Waals surface area contributed by atoms with Gasteiger partial charge in [-0.1, -0.05) is 6.92 Å². The second kappa shape index (κ2) is 7.14. The van der Waals surface area contributed by atoms with Crippen molar-refractivity contribution in [2.45, 2.75) is 27.2 Å². The highest BCUT2D eigenvalue weighted by atomic mass is 32.1. The van der Waals surface area contributed by atoms with E-state index in [-0.39, 0.29) is 17.2 Å². The summed E-state index contributed by atoms with van der Waals surface area (Å²) in [5.74, 6) is -0.856. The molecule has 5 N–H and O–H groups in total. The van der Waals surface area contributed by atoms with Gasteiger partial charge in [-0.05, 0) is 20.3 Å². The van der Waals surface area contributed by atoms with Gasteiger partial charge in [-0.25, -0.2) is 0 Å². The molecule has 7 heteroatoms. The maximum absolute atomic E-state index is 12.1. The van der Waals surface area contributed by atoms with Crippen LogP contribution in [0.2, 0.25) is 0 Å². The molecule has 0 saturated heterocycles. The van der Waals surface area contributed by atoms with Crippen LogP contribution in [0.4, 0.5) is 10.7 Å². The molecule has 0 saturated carbocycles. The van der Waals surface area contributed by atoms with Crippen molar-refractivity contribution in [1.29, 1.82) is 0 Å². The minimum Gasteiger partial charge on any atom is -0.397 e. The van der Waals surface area contributed by atoms with Crippen molar-refractivity contribution >= 4 is 33.8 Å². The average Bonchev–Trinajstić information content (AvgIpc) is 2.75. The van der Waals surface area contributed by atoms with Crippen LogP contribution >= 0.6 is 11.3 Å². The predicted molar refractivity (Wildman–Crippen MR) is 83.4 cm³/mol. The predicted octanol–water partition coefficient (Wildman–Crippen LogP) is 1.42. The van der Waals surface area contributed by atoms with Crippen molar-refractivity contribution in [3.8, 4) is 0 Å². The zero-order chi connectivity index (χ0) is 15.3. The maximum Gasteiger partial charge on any atom is 0.263 e. The number of anilines is 2. The molecule has 0 unspecified atom stereocenters. The monoisotopic (exact) mass is 298 g/mol. The van der Waals surface area contributed by atoms with Crippen LogP contribution in [0.3, 0.4) is 0 Å². The zero-order valence-corrected chi connectivity index (χ0v) is 13.0. The van der Waals surface area contributed by atoms with Crippen LogP contribution in [0.25, 0.3) is 0 Å². The molecule has 1 rings (SSSR count). The molecule has 6 nitrogen and oxygen atoms in total. The lowest BCUT2D eigenvalue weighted by Gasteiger charge is -2.19. The molecule has 0 aliphatic carbocycles. The van der Waals surface area contributed by atoms with Crippen molar-refractivity contribution in [1.82, 2.24) is 5.32 Å². The van der Waals surface area contributed by atoms with Gasteiger partial charge in [-0.2, -0.15) is 0 Å². The Morgan fingerprint density at radius 1 is 1.25 bits per heavy atom. The number of nitrogen functional groups attached to an aromatic ring is 1. The van der Waals surface area contributed by atoms with Crippen LogP contribution in [0.1, 0.15) is 47.2 Å². The Balaban J connectivity index is 3.25. The highest BCUT2D eigenvalue weighted by Crippen LogP contribution is 2.37. The quantitative estimate of drug-likeness (QED) is 0.708. The highest BCUT2D eigenvalue weighted by Gasteiger charge is 2.26. The molecule has 0 fully saturated rings. The number of hydrogen-bond acceptors (Lipinski definition) is 5. The summed E-state index contributed by atoms with van der Waals surface area (Å²) in [6, 6.07) is 0. The van der Waals surface area contributed by atoms with Gasteiger partial charge in [0.2, 0.25) is 0 Å². The first-order valence-corrected chi connectivity index (χ1v) is 7.54. The topological polar surface area (TPSA) is 101 Å². The van der Waals surface area contributed by atoms with Gasteiger partial charge in [0.15, 0.2) is 0 Å². The largest absolute Gasteiger partial charge is 0.397 e. The first kappa shape index (κ1) is 16.3. The number of nitrogens with zero attached hydrogens (tertiary/aromatic N) is 1. The van der Waals surface area contributed by atoms with Gasteiger partial charge in [0, 0.05) is 19.6 Å². The molecule has 0 atom stereocenters. The van der Waals surface area contributed by atoms with E-state index in [1.807, 2.05) is 25.7 Å². The summed E-state index contributed by atoms with van der Waals surface area (Å²) >= 11 is 1.22. The number of amides is 2. The molecule has 1 aromatic heterocycles. The van der Waals surface area contributed by atoms with Crippen molar-refractivity contribution in [3.05, 3.63) is 10.4 Å². The molecule has 1 heterocycles. The van der Waals surface area contributed by atoms with Crippen LogP contribution in [0, 0.1) is 0 Å². The molecule has 112 valence electrons. The minimum atomic E-state index is -0.602. The summed E-state index contributed by atoms with van der Waals surface area (Å²) in [6.07, 6.45) is 0.836. The van der Waals surface area contributed by atoms with E-state index in [4.69, 9.17) is 11.5 Å². The minimum absolute atomic E-state index is 0.179. The third-order valence-electron chi connectivity index (χ3n) is 2.97. The molecule has 0 aliphatic heterocycles. The molecule has 0 aromatic carbocycles. The number of thiophene rings is 1. The number of rotatable bonds is 7. The number of carbonyl (C=O) groups is 2. The smallest absolute Gasteiger partial charge is 0.263 e. The van der Waals surface area contributed by atoms with Crippen LogP contribution < -0.4 is 21.7 Å². The second-order valence-corrected chi connectivity index (χ2v) is 5.32. The van der Waals surface area contributed by atoms with Gasteiger partial charge in [0.05, 0.1) is 11.3 Å². The lowest BCUT2D eigenvalue weighted by Crippen LogP contribution is -2.25. The Bertz CT molecular complexity index is 495. The Morgan fingerprint density at radius 2 is 1.85 bits per heavy atom. The molecule has 0 bridgehead atoms. The SMILES string of the molecule is CCCNC(=O)c1sc(N(CC)CC)c(C(N)=O)c1N. The maximum atomic E-state index is 12.1. The second-order valence-electron chi connectivity index (χ2n) is 4.32. The van der Waals surface area contributed by atoms with Gasteiger partial charge in [0.1, 0.15) is 9.88 Å². The average molecular weight is 298 g/mol. The van der Waals surface area contributed by atoms with Crippen LogP contribution in [0.5, 0.6) is 0 Å². The van der Waals surface area contributed by atoms with E-state index in [1.165, 1.54) is 11.3 Å². The fourth-order valence-corrected chi connectivity index (χ4v) is 3.16. The third kappa shape index (κ3) is 3.22. The Morgan fingerprint density at radius 3 is 2.30 bits per heavy atom. The van der Waals surface area contributed by atoms with Crippen LogP contribution in [0.15, 0.2) is 0 Å². The standard InChI is InChI=1S/C13H22N4O2S/c1-4-7-16-12(19)10-9(14)8(11(15)18)13(20-10)17(5-2)6-3/h4-7,14H2,1-3H3,(H2,15,18)(H,16,19). The first-order valence-electron chi connectivity index (χ1n) is 6.72. The summed E-state index contributed by atoms with van der Waals surface area (Å²) < 4.78 is 0. The third-order valence-corrected chi connectivity index (χ3v) is 4.23. The fourth-order valence-electron chi connectivity index (χ4n) is 1.89. The Hall–Kier alpha value is -1.76. The number of hydrogen-bond donors (Lipinski definition) is 3. The molecule has 0 aliphatic rings. The molecule has 20 heavy (non-hydrogen) atoms. The summed E-state index contributed by atoms with van der Waals surface area (Å²) in [5, 5.41) is 3.43. The molecule has 2 amide bonds. The van der Waals surface area contributed by atoms with Gasteiger partial charge >= 0.3 is 0 Å². The lowest BCUT2D eigenvalue weighted by molar-refractivity contribution is 0.0958. The number of carbonyl (C=O) groups excluding carboxylic acids is 2. The summed E-state index contributed by atoms with van der Waals surface area (Å²) in [4.78, 5) is 26.0. The zero-order valence-electron chi connectivity index (χ0n) is 12.2. The number of nitrogens with one attached hydrogen (secondary N) is 1. The Kier molecular flexibility index (Phi) is 5.82. The molecule has 0 radical (unpaired) electrons. The highest BCUT2D eigenvalue weighted by molar-refractivity contribution is 7.19. The number of nitrogens with two attached hydrogens (primary N) is 2. The Labute approximate surface area is 123 Å². The summed E-state index contributed by atoms with van der Waals surface area (Å²) in [6.45, 7) is 7.92. The van der Waals surface area contributed by atoms with Crippen molar-refractivity contribution in [2.24, 2.45) is 5.73 Å². The van der Waals surface area contributed by atoms with Gasteiger partial charge < -0.3 is 21.7 Å². The lowest BCUT2D eigenvalue weighted by atomic mass is 10.2. The van der Waals surface area contributed by atoms with E-state index in [0.717, 1.165) is 6.42 Å². The van der Waals surface area contributed by atoms with Gasteiger partial charge in [-0.3, -0.25) is 9.59 Å². The van der Waals surface area contributed by atoms with E-state index in [2.05, 4.69) is 5.32 Å². The molecule has 0 spiro atoms. The van der Waals surface area contributed by atoms with Gasteiger partial charge in [0.25, 0.3) is 11.8 Å². The van der Waals surface area contributed by atoms with Crippen molar-refractivity contribution in [2.75, 3.05) is 30.3 Å².